The van der Waals surface area contributed by atoms with Crippen LogP contribution in [0.4, 0.5) is 9.93 Å². The van der Waals surface area contributed by atoms with Crippen LogP contribution in [0, 0.1) is 5.41 Å². The van der Waals surface area contributed by atoms with Crippen LogP contribution in [0.15, 0.2) is 29.6 Å². The van der Waals surface area contributed by atoms with E-state index >= 15 is 0 Å². The summed E-state index contributed by atoms with van der Waals surface area (Å²) in [4.78, 5) is 50.5. The Balaban J connectivity index is 1.41. The fourth-order valence-corrected chi connectivity index (χ4v) is 6.79. The molecule has 1 aromatic carbocycles. The van der Waals surface area contributed by atoms with Gasteiger partial charge in [-0.1, -0.05) is 20.8 Å². The fraction of sp³-hybridized carbons (Fsp3) is 0.545. The van der Waals surface area contributed by atoms with Gasteiger partial charge in [0.1, 0.15) is 41.5 Å². The topological polar surface area (TPSA) is 158 Å². The van der Waals surface area contributed by atoms with E-state index in [0.717, 1.165) is 36.2 Å². The Kier molecular flexibility index (Phi) is 9.90. The van der Waals surface area contributed by atoms with Gasteiger partial charge in [0.05, 0.1) is 24.9 Å². The Morgan fingerprint density at radius 1 is 1.07 bits per heavy atom. The van der Waals surface area contributed by atoms with E-state index in [0.29, 0.717) is 28.4 Å². The number of fused-ring (bicyclic) bond motifs is 1. The Hall–Kier alpha value is -4.13. The van der Waals surface area contributed by atoms with Gasteiger partial charge in [-0.15, -0.1) is 11.3 Å². The van der Waals surface area contributed by atoms with Gasteiger partial charge >= 0.3 is 6.09 Å². The second-order valence-electron chi connectivity index (χ2n) is 13.4. The van der Waals surface area contributed by atoms with Crippen molar-refractivity contribution < 1.29 is 28.6 Å². The van der Waals surface area contributed by atoms with Crippen molar-refractivity contribution in [2.75, 3.05) is 19.0 Å². The molecule has 2 aromatic heterocycles. The average molecular weight is 653 g/mol. The summed E-state index contributed by atoms with van der Waals surface area (Å²) >= 11 is 1.49. The maximum Gasteiger partial charge on any atom is 0.408 e. The molecule has 0 radical (unpaired) electrons. The first-order valence-corrected chi connectivity index (χ1v) is 16.6. The smallest absolute Gasteiger partial charge is 0.408 e. The maximum atomic E-state index is 14.0. The first kappa shape index (κ1) is 33.2. The number of amides is 3. The number of rotatable bonds is 10. The van der Waals surface area contributed by atoms with Crippen molar-refractivity contribution in [2.24, 2.45) is 11.1 Å². The zero-order valence-electron chi connectivity index (χ0n) is 27.3. The average Bonchev–Trinajstić information content (AvgIpc) is 3.76. The van der Waals surface area contributed by atoms with Crippen LogP contribution in [0.1, 0.15) is 66.7 Å². The van der Waals surface area contributed by atoms with Crippen molar-refractivity contribution >= 4 is 45.3 Å². The predicted molar refractivity (Wildman–Crippen MR) is 177 cm³/mol. The van der Waals surface area contributed by atoms with Crippen LogP contribution in [-0.4, -0.2) is 76.8 Å². The lowest BCUT2D eigenvalue weighted by atomic mass is 9.85. The number of carbonyl (C=O) groups is 3. The molecule has 3 heterocycles. The normalized spacial score (nSPS) is 19.3. The van der Waals surface area contributed by atoms with Crippen LogP contribution < -0.4 is 25.8 Å². The molecule has 3 atom stereocenters. The lowest BCUT2D eigenvalue weighted by Gasteiger charge is -2.34. The van der Waals surface area contributed by atoms with E-state index in [-0.39, 0.29) is 25.1 Å². The standard InChI is InChI=1S/C33H44N6O6S/c1-18(2)35-31-37-25(17-46-31)24-15-27(22-12-11-20(43-6)13-23(22)36-24)44-21-14-26(29(34)40)39(16-21)30(41)28(33(3,4)5)38-32(42)45-19-9-7-8-10-19/h11-13,15,17-19,21,26,28H,7-10,14,16H2,1-6H3,(H2,34,40)(H,35,37)(H,38,42)/t21-,26?,28-/m1/s1. The lowest BCUT2D eigenvalue weighted by Crippen LogP contribution is -2.57. The summed E-state index contributed by atoms with van der Waals surface area (Å²) in [7, 11) is 1.59. The summed E-state index contributed by atoms with van der Waals surface area (Å²) in [5.41, 5.74) is 7.10. The molecule has 0 spiro atoms. The van der Waals surface area contributed by atoms with E-state index in [2.05, 4.69) is 10.6 Å². The molecule has 4 N–H and O–H groups in total. The molecule has 2 aliphatic rings. The van der Waals surface area contributed by atoms with E-state index in [1.807, 2.05) is 64.3 Å². The number of hydrogen-bond donors (Lipinski definition) is 3. The number of thiazole rings is 1. The molecule has 1 saturated heterocycles. The summed E-state index contributed by atoms with van der Waals surface area (Å²) in [6.07, 6.45) is 2.50. The van der Waals surface area contributed by atoms with Crippen molar-refractivity contribution in [1.82, 2.24) is 20.2 Å². The second kappa shape index (κ2) is 13.7. The van der Waals surface area contributed by atoms with Gasteiger partial charge in [0.25, 0.3) is 0 Å². The van der Waals surface area contributed by atoms with E-state index in [4.69, 9.17) is 29.9 Å². The number of methoxy groups -OCH3 is 1. The number of alkyl carbamates (subject to hydrolysis) is 1. The minimum Gasteiger partial charge on any atom is -0.497 e. The van der Waals surface area contributed by atoms with Gasteiger partial charge in [-0.25, -0.2) is 14.8 Å². The summed E-state index contributed by atoms with van der Waals surface area (Å²) in [5, 5.41) is 9.55. The minimum atomic E-state index is -0.943. The number of carbonyl (C=O) groups excluding carboxylic acids is 3. The molecule has 3 aromatic rings. The molecule has 2 fully saturated rings. The monoisotopic (exact) mass is 652 g/mol. The molecule has 0 bridgehead atoms. The van der Waals surface area contributed by atoms with Crippen LogP contribution in [-0.2, 0) is 14.3 Å². The van der Waals surface area contributed by atoms with Crippen LogP contribution in [0.2, 0.25) is 0 Å². The van der Waals surface area contributed by atoms with Crippen LogP contribution in [0.25, 0.3) is 22.3 Å². The number of nitrogens with zero attached hydrogens (tertiary/aromatic N) is 3. The number of primary amides is 1. The summed E-state index contributed by atoms with van der Waals surface area (Å²) < 4.78 is 17.6. The zero-order valence-corrected chi connectivity index (χ0v) is 28.1. The Morgan fingerprint density at radius 3 is 2.46 bits per heavy atom. The van der Waals surface area contributed by atoms with Gasteiger partial charge in [0.15, 0.2) is 5.13 Å². The molecule has 248 valence electrons. The number of aromatic nitrogens is 2. The molecule has 5 rings (SSSR count). The van der Waals surface area contributed by atoms with Crippen molar-refractivity contribution in [3.05, 3.63) is 29.6 Å². The van der Waals surface area contributed by atoms with Gasteiger partial charge in [0, 0.05) is 35.4 Å². The highest BCUT2D eigenvalue weighted by atomic mass is 32.1. The number of nitrogens with two attached hydrogens (primary N) is 1. The van der Waals surface area contributed by atoms with Gasteiger partial charge in [0.2, 0.25) is 11.8 Å². The largest absolute Gasteiger partial charge is 0.497 e. The van der Waals surface area contributed by atoms with Crippen molar-refractivity contribution in [3.63, 3.8) is 0 Å². The second-order valence-corrected chi connectivity index (χ2v) is 14.2. The zero-order chi connectivity index (χ0) is 33.2. The van der Waals surface area contributed by atoms with E-state index in [1.165, 1.54) is 16.2 Å². The highest BCUT2D eigenvalue weighted by Crippen LogP contribution is 2.36. The Labute approximate surface area is 273 Å². The van der Waals surface area contributed by atoms with E-state index in [9.17, 15) is 14.4 Å². The molecular formula is C33H44N6O6S. The van der Waals surface area contributed by atoms with Crippen molar-refractivity contribution in [1.29, 1.82) is 0 Å². The fourth-order valence-electron chi connectivity index (χ4n) is 5.94. The summed E-state index contributed by atoms with van der Waals surface area (Å²) in [5.74, 6) is 0.117. The third-order valence-corrected chi connectivity index (χ3v) is 9.05. The molecule has 13 heteroatoms. The van der Waals surface area contributed by atoms with Gasteiger partial charge in [-0.2, -0.15) is 0 Å². The van der Waals surface area contributed by atoms with Gasteiger partial charge < -0.3 is 35.5 Å². The van der Waals surface area contributed by atoms with E-state index < -0.39 is 41.5 Å². The number of likely N-dealkylation sites (tertiary alicyclic amines) is 1. The summed E-state index contributed by atoms with van der Waals surface area (Å²) in [6, 6.07) is 5.71. The molecular weight excluding hydrogens is 608 g/mol. The SMILES string of the molecule is COc1ccc2c(O[C@@H]3CC(C(N)=O)N(C(=O)[C@@H](NC(=O)OC4CCCC4)C(C)(C)C)C3)cc(-c3csc(NC(C)C)n3)nc2c1. The molecule has 1 aliphatic heterocycles. The van der Waals surface area contributed by atoms with Gasteiger partial charge in [-0.3, -0.25) is 9.59 Å². The number of nitrogens with one attached hydrogen (secondary N) is 2. The van der Waals surface area contributed by atoms with Crippen molar-refractivity contribution in [2.45, 2.75) is 97.1 Å². The third-order valence-electron chi connectivity index (χ3n) is 8.28. The first-order valence-electron chi connectivity index (χ1n) is 15.8. The molecule has 3 amide bonds. The number of ether oxygens (including phenoxy) is 3. The number of hydrogen-bond acceptors (Lipinski definition) is 10. The first-order chi connectivity index (χ1) is 21.8. The Morgan fingerprint density at radius 2 is 1.80 bits per heavy atom. The third kappa shape index (κ3) is 7.63. The van der Waals surface area contributed by atoms with Crippen LogP contribution in [0.5, 0.6) is 11.5 Å². The highest BCUT2D eigenvalue weighted by Gasteiger charge is 2.45. The van der Waals surface area contributed by atoms with E-state index in [1.54, 1.807) is 7.11 Å². The Bertz CT molecular complexity index is 1580. The summed E-state index contributed by atoms with van der Waals surface area (Å²) in [6.45, 7) is 9.76. The molecule has 46 heavy (non-hydrogen) atoms. The minimum absolute atomic E-state index is 0.104. The quantitative estimate of drug-likeness (QED) is 0.271. The predicted octanol–water partition coefficient (Wildman–Crippen LogP) is 5.10. The molecule has 1 aliphatic carbocycles. The number of benzene rings is 1. The van der Waals surface area contributed by atoms with Gasteiger partial charge in [-0.05, 0) is 57.1 Å². The number of anilines is 1. The number of pyridine rings is 1. The molecule has 1 saturated carbocycles. The van der Waals surface area contributed by atoms with Crippen LogP contribution >= 0.6 is 11.3 Å². The maximum absolute atomic E-state index is 14.0. The molecule has 12 nitrogen and oxygen atoms in total. The highest BCUT2D eigenvalue weighted by molar-refractivity contribution is 7.14. The lowest BCUT2D eigenvalue weighted by molar-refractivity contribution is -0.141. The molecule has 1 unspecified atom stereocenters. The van der Waals surface area contributed by atoms with Crippen molar-refractivity contribution in [3.8, 4) is 22.9 Å². The van der Waals surface area contributed by atoms with Crippen LogP contribution in [0.3, 0.4) is 0 Å².